The number of rotatable bonds is 5. The molecule has 1 aliphatic carbocycles. The lowest BCUT2D eigenvalue weighted by atomic mass is 9.77. The number of benzene rings is 1. The van der Waals surface area contributed by atoms with Gasteiger partial charge in [-0.15, -0.1) is 10.2 Å². The van der Waals surface area contributed by atoms with Crippen molar-refractivity contribution < 1.29 is 14.3 Å². The van der Waals surface area contributed by atoms with E-state index in [9.17, 15) is 4.79 Å². The second-order valence-electron chi connectivity index (χ2n) is 4.74. The van der Waals surface area contributed by atoms with Crippen molar-refractivity contribution in [2.45, 2.75) is 31.6 Å². The van der Waals surface area contributed by atoms with Crippen LogP contribution in [0.3, 0.4) is 0 Å². The number of carboxylic acid groups (broad SMARTS) is 1. The number of fused-ring (bicyclic) bond motifs is 1. The molecule has 1 N–H and O–H groups in total. The van der Waals surface area contributed by atoms with E-state index in [1.54, 1.807) is 0 Å². The van der Waals surface area contributed by atoms with Crippen LogP contribution in [0.1, 0.15) is 41.7 Å². The van der Waals surface area contributed by atoms with Gasteiger partial charge in [-0.2, -0.15) is 0 Å². The van der Waals surface area contributed by atoms with Crippen molar-refractivity contribution in [3.05, 3.63) is 47.2 Å². The molecule has 2 aromatic rings. The Bertz CT molecular complexity index is 606. The molecule has 19 heavy (non-hydrogen) atoms. The van der Waals surface area contributed by atoms with Crippen molar-refractivity contribution in [3.63, 3.8) is 0 Å². The summed E-state index contributed by atoms with van der Waals surface area (Å²) in [4.78, 5) is 10.4. The largest absolute Gasteiger partial charge is 0.481 e. The van der Waals surface area contributed by atoms with Crippen LogP contribution in [0.5, 0.6) is 0 Å². The van der Waals surface area contributed by atoms with Crippen LogP contribution in [0.4, 0.5) is 0 Å². The van der Waals surface area contributed by atoms with Crippen LogP contribution >= 0.6 is 0 Å². The number of carbonyl (C=O) groups is 1. The van der Waals surface area contributed by atoms with Crippen LogP contribution in [0.2, 0.25) is 0 Å². The van der Waals surface area contributed by atoms with Crippen molar-refractivity contribution in [2.75, 3.05) is 0 Å². The van der Waals surface area contributed by atoms with Crippen molar-refractivity contribution in [2.24, 2.45) is 0 Å². The van der Waals surface area contributed by atoms with Gasteiger partial charge >= 0.3 is 5.97 Å². The molecule has 1 aromatic carbocycles. The summed E-state index contributed by atoms with van der Waals surface area (Å²) in [5, 5.41) is 16.6. The Labute approximate surface area is 110 Å². The van der Waals surface area contributed by atoms with Crippen LogP contribution in [0.25, 0.3) is 0 Å². The highest BCUT2D eigenvalue weighted by Gasteiger charge is 2.31. The van der Waals surface area contributed by atoms with Gasteiger partial charge < -0.3 is 9.52 Å². The zero-order valence-electron chi connectivity index (χ0n) is 10.4. The molecule has 0 spiro atoms. The molecule has 0 radical (unpaired) electrons. The van der Waals surface area contributed by atoms with Gasteiger partial charge in [-0.1, -0.05) is 24.3 Å². The number of nitrogens with zero attached hydrogens (tertiary/aromatic N) is 2. The lowest BCUT2D eigenvalue weighted by Crippen LogP contribution is -2.18. The highest BCUT2D eigenvalue weighted by Crippen LogP contribution is 2.39. The van der Waals surface area contributed by atoms with E-state index >= 15 is 0 Å². The van der Waals surface area contributed by atoms with Crippen molar-refractivity contribution >= 4 is 5.97 Å². The summed E-state index contributed by atoms with van der Waals surface area (Å²) in [6.45, 7) is 0. The molecule has 98 valence electrons. The Kier molecular flexibility index (Phi) is 3.03. The molecule has 5 heteroatoms. The molecule has 0 amide bonds. The smallest absolute Gasteiger partial charge is 0.303 e. The summed E-state index contributed by atoms with van der Waals surface area (Å²) in [7, 11) is 0. The summed E-state index contributed by atoms with van der Waals surface area (Å²) in [5.41, 5.74) is 2.58. The molecule has 1 atom stereocenters. The number of aromatic nitrogens is 2. The molecule has 0 fully saturated rings. The van der Waals surface area contributed by atoms with E-state index < -0.39 is 5.97 Å². The Hall–Kier alpha value is -2.17. The zero-order chi connectivity index (χ0) is 13.2. The second kappa shape index (κ2) is 4.84. The number of aryl methyl sites for hydroxylation is 1. The number of carboxylic acids is 1. The van der Waals surface area contributed by atoms with Gasteiger partial charge in [0.15, 0.2) is 0 Å². The van der Waals surface area contributed by atoms with Gasteiger partial charge in [-0.3, -0.25) is 4.79 Å². The molecular weight excluding hydrogens is 244 g/mol. The van der Waals surface area contributed by atoms with Crippen molar-refractivity contribution in [1.29, 1.82) is 0 Å². The predicted octanol–water partition coefficient (Wildman–Crippen LogP) is 2.16. The molecule has 1 aliphatic rings. The molecule has 1 aromatic heterocycles. The van der Waals surface area contributed by atoms with E-state index in [2.05, 4.69) is 22.3 Å². The molecule has 3 rings (SSSR count). The molecule has 0 aliphatic heterocycles. The van der Waals surface area contributed by atoms with Crippen LogP contribution in [-0.2, 0) is 17.6 Å². The van der Waals surface area contributed by atoms with Gasteiger partial charge in [0, 0.05) is 12.8 Å². The maximum atomic E-state index is 10.4. The first kappa shape index (κ1) is 11.9. The minimum absolute atomic E-state index is 0.129. The zero-order valence-corrected chi connectivity index (χ0v) is 10.4. The van der Waals surface area contributed by atoms with Gasteiger partial charge in [-0.25, -0.2) is 0 Å². The fourth-order valence-corrected chi connectivity index (χ4v) is 2.38. The number of hydrogen-bond acceptors (Lipinski definition) is 4. The van der Waals surface area contributed by atoms with Crippen LogP contribution < -0.4 is 0 Å². The van der Waals surface area contributed by atoms with Crippen LogP contribution in [0.15, 0.2) is 28.7 Å². The van der Waals surface area contributed by atoms with E-state index in [4.69, 9.17) is 9.52 Å². The van der Waals surface area contributed by atoms with Crippen LogP contribution in [0, 0.1) is 0 Å². The van der Waals surface area contributed by atoms with Gasteiger partial charge in [0.05, 0.1) is 5.92 Å². The topological polar surface area (TPSA) is 76.2 Å². The van der Waals surface area contributed by atoms with Gasteiger partial charge in [-0.05, 0) is 24.0 Å². The second-order valence-corrected chi connectivity index (χ2v) is 4.74. The van der Waals surface area contributed by atoms with E-state index in [1.165, 1.54) is 11.1 Å². The van der Waals surface area contributed by atoms with E-state index in [-0.39, 0.29) is 12.3 Å². The Balaban J connectivity index is 1.65. The van der Waals surface area contributed by atoms with E-state index in [0.29, 0.717) is 24.6 Å². The molecule has 0 saturated carbocycles. The lowest BCUT2D eigenvalue weighted by Gasteiger charge is -2.26. The molecule has 1 heterocycles. The highest BCUT2D eigenvalue weighted by molar-refractivity contribution is 5.66. The van der Waals surface area contributed by atoms with Gasteiger partial charge in [0.2, 0.25) is 11.8 Å². The van der Waals surface area contributed by atoms with Crippen molar-refractivity contribution in [1.82, 2.24) is 10.2 Å². The first-order valence-electron chi connectivity index (χ1n) is 6.36. The summed E-state index contributed by atoms with van der Waals surface area (Å²) >= 11 is 0. The Morgan fingerprint density at radius 1 is 1.37 bits per heavy atom. The molecule has 1 unspecified atom stereocenters. The maximum Gasteiger partial charge on any atom is 0.303 e. The van der Waals surface area contributed by atoms with E-state index in [0.717, 1.165) is 6.42 Å². The first-order chi connectivity index (χ1) is 9.24. The van der Waals surface area contributed by atoms with Crippen molar-refractivity contribution in [3.8, 4) is 0 Å². The molecule has 5 nitrogen and oxygen atoms in total. The van der Waals surface area contributed by atoms with E-state index in [1.807, 2.05) is 12.1 Å². The molecule has 0 saturated heterocycles. The minimum atomic E-state index is -0.798. The molecule has 0 bridgehead atoms. The summed E-state index contributed by atoms with van der Waals surface area (Å²) < 4.78 is 5.61. The Morgan fingerprint density at radius 3 is 3.00 bits per heavy atom. The lowest BCUT2D eigenvalue weighted by molar-refractivity contribution is -0.137. The third kappa shape index (κ3) is 2.36. The van der Waals surface area contributed by atoms with Crippen LogP contribution in [-0.4, -0.2) is 21.3 Å². The monoisotopic (exact) mass is 258 g/mol. The summed E-state index contributed by atoms with van der Waals surface area (Å²) in [5.74, 6) is 0.578. The van der Waals surface area contributed by atoms with Gasteiger partial charge in [0.1, 0.15) is 0 Å². The summed E-state index contributed by atoms with van der Waals surface area (Å²) in [6.07, 6.45) is 2.11. The average Bonchev–Trinajstić information content (AvgIpc) is 2.79. The number of hydrogen-bond donors (Lipinski definition) is 1. The number of aliphatic carboxylic acids is 1. The summed E-state index contributed by atoms with van der Waals surface area (Å²) in [6, 6.07) is 8.23. The molecular formula is C14H14N2O3. The fourth-order valence-electron chi connectivity index (χ4n) is 2.38. The van der Waals surface area contributed by atoms with Gasteiger partial charge in [0.25, 0.3) is 0 Å². The predicted molar refractivity (Wildman–Crippen MR) is 66.9 cm³/mol. The standard InChI is InChI=1S/C14H14N2O3/c17-13(18)7-3-6-12-15-16-14(19-12)11-8-9-4-1-2-5-10(9)11/h1-2,4-5,11H,3,6-8H2,(H,17,18). The average molecular weight is 258 g/mol. The maximum absolute atomic E-state index is 10.4. The highest BCUT2D eigenvalue weighted by atomic mass is 16.4. The third-order valence-electron chi connectivity index (χ3n) is 3.42. The minimum Gasteiger partial charge on any atom is -0.481 e. The quantitative estimate of drug-likeness (QED) is 0.889. The fraction of sp³-hybridized carbons (Fsp3) is 0.357. The normalized spacial score (nSPS) is 16.7. The Morgan fingerprint density at radius 2 is 2.21 bits per heavy atom. The SMILES string of the molecule is O=C(O)CCCc1nnc(C2Cc3ccccc32)o1. The first-order valence-corrected chi connectivity index (χ1v) is 6.36. The third-order valence-corrected chi connectivity index (χ3v) is 3.42.